The van der Waals surface area contributed by atoms with Crippen molar-refractivity contribution in [1.82, 2.24) is 9.80 Å². The number of rotatable bonds is 10. The van der Waals surface area contributed by atoms with Crippen LogP contribution in [0.1, 0.15) is 34.5 Å². The van der Waals surface area contributed by atoms with Crippen molar-refractivity contribution >= 4 is 11.8 Å². The second-order valence-corrected chi connectivity index (χ2v) is 7.57. The largest absolute Gasteiger partial charge is 0.467 e. The third-order valence-electron chi connectivity index (χ3n) is 5.20. The van der Waals surface area contributed by atoms with Gasteiger partial charge in [-0.1, -0.05) is 17.7 Å². The van der Waals surface area contributed by atoms with Gasteiger partial charge in [0.2, 0.25) is 5.91 Å². The summed E-state index contributed by atoms with van der Waals surface area (Å²) in [5.74, 6) is 0.378. The molecule has 0 bridgehead atoms. The molecule has 2 heterocycles. The van der Waals surface area contributed by atoms with E-state index in [9.17, 15) is 9.59 Å². The first-order chi connectivity index (χ1) is 14.6. The van der Waals surface area contributed by atoms with E-state index < -0.39 is 0 Å². The molecule has 0 N–H and O–H groups in total. The molecule has 1 aliphatic heterocycles. The minimum atomic E-state index is -0.185. The molecule has 2 aromatic rings. The molecule has 1 saturated heterocycles. The number of furan rings is 1. The maximum absolute atomic E-state index is 13.2. The van der Waals surface area contributed by atoms with Crippen molar-refractivity contribution in [1.29, 1.82) is 0 Å². The van der Waals surface area contributed by atoms with Crippen LogP contribution >= 0.6 is 0 Å². The second-order valence-electron chi connectivity index (χ2n) is 7.57. The summed E-state index contributed by atoms with van der Waals surface area (Å²) >= 11 is 0. The van der Waals surface area contributed by atoms with E-state index in [4.69, 9.17) is 13.9 Å². The minimum Gasteiger partial charge on any atom is -0.467 e. The maximum atomic E-state index is 13.2. The van der Waals surface area contributed by atoms with Crippen molar-refractivity contribution in [2.75, 3.05) is 40.0 Å². The van der Waals surface area contributed by atoms with Crippen LogP contribution in [0.4, 0.5) is 0 Å². The van der Waals surface area contributed by atoms with Crippen molar-refractivity contribution in [3.8, 4) is 0 Å². The van der Waals surface area contributed by atoms with Crippen LogP contribution in [0.5, 0.6) is 0 Å². The molecule has 7 heteroatoms. The van der Waals surface area contributed by atoms with E-state index >= 15 is 0 Å². The van der Waals surface area contributed by atoms with Crippen LogP contribution in [0.25, 0.3) is 0 Å². The Labute approximate surface area is 177 Å². The maximum Gasteiger partial charge on any atom is 0.254 e. The Morgan fingerprint density at radius 2 is 1.97 bits per heavy atom. The van der Waals surface area contributed by atoms with Crippen LogP contribution in [-0.4, -0.2) is 67.7 Å². The number of carbonyl (C=O) groups is 2. The fourth-order valence-electron chi connectivity index (χ4n) is 3.48. The van der Waals surface area contributed by atoms with E-state index in [-0.39, 0.29) is 24.5 Å². The molecule has 1 atom stereocenters. The van der Waals surface area contributed by atoms with Crippen molar-refractivity contribution < 1.29 is 23.5 Å². The van der Waals surface area contributed by atoms with Crippen LogP contribution in [0.3, 0.4) is 0 Å². The summed E-state index contributed by atoms with van der Waals surface area (Å²) in [5, 5.41) is 0. The van der Waals surface area contributed by atoms with Crippen molar-refractivity contribution in [3.63, 3.8) is 0 Å². The van der Waals surface area contributed by atoms with Crippen LogP contribution in [0.2, 0.25) is 0 Å². The Hall–Kier alpha value is -2.64. The SMILES string of the molecule is COCCN(CC(=O)N(Cc1ccco1)CC1CCCO1)C(=O)c1ccc(C)cc1. The number of hydrogen-bond acceptors (Lipinski definition) is 5. The molecule has 0 spiro atoms. The highest BCUT2D eigenvalue weighted by molar-refractivity contribution is 5.96. The molecule has 7 nitrogen and oxygen atoms in total. The molecule has 162 valence electrons. The van der Waals surface area contributed by atoms with Gasteiger partial charge < -0.3 is 23.7 Å². The second kappa shape index (κ2) is 10.9. The van der Waals surface area contributed by atoms with E-state index in [2.05, 4.69) is 0 Å². The molecule has 1 aromatic heterocycles. The molecular weight excluding hydrogens is 384 g/mol. The van der Waals surface area contributed by atoms with Crippen molar-refractivity contribution in [2.24, 2.45) is 0 Å². The summed E-state index contributed by atoms with van der Waals surface area (Å²) in [6.45, 7) is 4.19. The lowest BCUT2D eigenvalue weighted by molar-refractivity contribution is -0.134. The fraction of sp³-hybridized carbons (Fsp3) is 0.478. The summed E-state index contributed by atoms with van der Waals surface area (Å²) in [5.41, 5.74) is 1.63. The standard InChI is InChI=1S/C23H30N2O5/c1-18-7-9-19(10-8-18)23(27)24(11-14-28-2)17-22(26)25(15-20-5-3-12-29-20)16-21-6-4-13-30-21/h3,5,7-10,12,21H,4,6,11,13-17H2,1-2H3. The lowest BCUT2D eigenvalue weighted by atomic mass is 10.1. The number of aryl methyl sites for hydroxylation is 1. The van der Waals surface area contributed by atoms with Crippen LogP contribution in [0.15, 0.2) is 47.1 Å². The smallest absolute Gasteiger partial charge is 0.254 e. The number of ether oxygens (including phenoxy) is 2. The number of benzene rings is 1. The van der Waals surface area contributed by atoms with Gasteiger partial charge in [0, 0.05) is 32.4 Å². The zero-order valence-corrected chi connectivity index (χ0v) is 17.7. The highest BCUT2D eigenvalue weighted by Crippen LogP contribution is 2.16. The van der Waals surface area contributed by atoms with Crippen molar-refractivity contribution in [3.05, 3.63) is 59.5 Å². The fourth-order valence-corrected chi connectivity index (χ4v) is 3.48. The van der Waals surface area contributed by atoms with E-state index in [1.807, 2.05) is 25.1 Å². The first kappa shape index (κ1) is 22.1. The highest BCUT2D eigenvalue weighted by Gasteiger charge is 2.26. The zero-order valence-electron chi connectivity index (χ0n) is 17.7. The average molecular weight is 415 g/mol. The van der Waals surface area contributed by atoms with Gasteiger partial charge in [-0.3, -0.25) is 9.59 Å². The quantitative estimate of drug-likeness (QED) is 0.598. The third-order valence-corrected chi connectivity index (χ3v) is 5.20. The summed E-state index contributed by atoms with van der Waals surface area (Å²) in [6, 6.07) is 11.0. The van der Waals surface area contributed by atoms with Gasteiger partial charge >= 0.3 is 0 Å². The number of carbonyl (C=O) groups excluding carboxylic acids is 2. The molecular formula is C23H30N2O5. The Balaban J connectivity index is 1.72. The van der Waals surface area contributed by atoms with Crippen LogP contribution in [0, 0.1) is 6.92 Å². The molecule has 30 heavy (non-hydrogen) atoms. The van der Waals surface area contributed by atoms with Gasteiger partial charge in [-0.25, -0.2) is 0 Å². The Morgan fingerprint density at radius 1 is 1.17 bits per heavy atom. The topological polar surface area (TPSA) is 72.2 Å². The number of nitrogens with zero attached hydrogens (tertiary/aromatic N) is 2. The summed E-state index contributed by atoms with van der Waals surface area (Å²) in [7, 11) is 1.58. The molecule has 3 rings (SSSR count). The van der Waals surface area contributed by atoms with Gasteiger partial charge in [-0.15, -0.1) is 0 Å². The number of hydrogen-bond donors (Lipinski definition) is 0. The zero-order chi connectivity index (χ0) is 21.3. The normalized spacial score (nSPS) is 15.9. The minimum absolute atomic E-state index is 0.0177. The lowest BCUT2D eigenvalue weighted by Crippen LogP contribution is -2.45. The molecule has 1 aromatic carbocycles. The van der Waals surface area contributed by atoms with Crippen molar-refractivity contribution in [2.45, 2.75) is 32.4 Å². The monoisotopic (exact) mass is 414 g/mol. The van der Waals surface area contributed by atoms with Gasteiger partial charge in [0.15, 0.2) is 0 Å². The van der Waals surface area contributed by atoms with E-state index in [1.165, 1.54) is 0 Å². The molecule has 2 amide bonds. The molecule has 0 radical (unpaired) electrons. The predicted octanol–water partition coefficient (Wildman–Crippen LogP) is 2.88. The first-order valence-electron chi connectivity index (χ1n) is 10.3. The first-order valence-corrected chi connectivity index (χ1v) is 10.3. The summed E-state index contributed by atoms with van der Waals surface area (Å²) in [4.78, 5) is 29.5. The molecule has 1 fully saturated rings. The molecule has 0 saturated carbocycles. The summed E-state index contributed by atoms with van der Waals surface area (Å²) < 4.78 is 16.3. The number of amides is 2. The lowest BCUT2D eigenvalue weighted by Gasteiger charge is -2.28. The Kier molecular flexibility index (Phi) is 8.04. The number of methoxy groups -OCH3 is 1. The van der Waals surface area contributed by atoms with Gasteiger partial charge in [-0.2, -0.15) is 0 Å². The van der Waals surface area contributed by atoms with Crippen LogP contribution < -0.4 is 0 Å². The predicted molar refractivity (Wildman–Crippen MR) is 112 cm³/mol. The van der Waals surface area contributed by atoms with E-state index in [0.29, 0.717) is 37.6 Å². The van der Waals surface area contributed by atoms with E-state index in [1.54, 1.807) is 41.4 Å². The molecule has 1 aliphatic rings. The molecule has 0 aliphatic carbocycles. The highest BCUT2D eigenvalue weighted by atomic mass is 16.5. The Bertz CT molecular complexity index is 798. The molecule has 1 unspecified atom stereocenters. The van der Waals surface area contributed by atoms with Crippen LogP contribution in [-0.2, 0) is 20.8 Å². The average Bonchev–Trinajstić information content (AvgIpc) is 3.45. The summed E-state index contributed by atoms with van der Waals surface area (Å²) in [6.07, 6.45) is 3.54. The van der Waals surface area contributed by atoms with Gasteiger partial charge in [0.25, 0.3) is 5.91 Å². The van der Waals surface area contributed by atoms with Gasteiger partial charge in [-0.05, 0) is 44.0 Å². The Morgan fingerprint density at radius 3 is 2.60 bits per heavy atom. The van der Waals surface area contributed by atoms with Gasteiger partial charge in [0.05, 0.1) is 25.5 Å². The van der Waals surface area contributed by atoms with Gasteiger partial charge in [0.1, 0.15) is 12.3 Å². The van der Waals surface area contributed by atoms with E-state index in [0.717, 1.165) is 25.0 Å². The third kappa shape index (κ3) is 6.18.